The lowest BCUT2D eigenvalue weighted by Gasteiger charge is -2.18. The molecule has 0 aliphatic heterocycles. The number of carboxylic acids is 1. The van der Waals surface area contributed by atoms with E-state index in [1.165, 1.54) is 4.68 Å². The lowest BCUT2D eigenvalue weighted by Crippen LogP contribution is -2.26. The highest BCUT2D eigenvalue weighted by Crippen LogP contribution is 2.16. The van der Waals surface area contributed by atoms with Crippen molar-refractivity contribution in [2.24, 2.45) is 0 Å². The van der Waals surface area contributed by atoms with Crippen molar-refractivity contribution in [2.45, 2.75) is 88.0 Å². The fraction of sp³-hybridized carbons (Fsp3) is 0.692. The number of aromatic nitrogens is 4. The molecule has 216 valence electrons. The van der Waals surface area contributed by atoms with E-state index in [0.717, 1.165) is 11.3 Å². The Labute approximate surface area is 225 Å². The van der Waals surface area contributed by atoms with E-state index >= 15 is 0 Å². The maximum absolute atomic E-state index is 12.0. The van der Waals surface area contributed by atoms with E-state index in [2.05, 4.69) is 10.2 Å². The number of hydrogen-bond acceptors (Lipinski definition) is 9. The lowest BCUT2D eigenvalue weighted by atomic mass is 10.2. The van der Waals surface area contributed by atoms with Crippen LogP contribution in [0.1, 0.15) is 78.1 Å². The fourth-order valence-corrected chi connectivity index (χ4v) is 3.67. The van der Waals surface area contributed by atoms with Crippen molar-refractivity contribution in [3.63, 3.8) is 0 Å². The molecule has 0 fully saturated rings. The highest BCUT2D eigenvalue weighted by atomic mass is 16.7. The molecule has 0 amide bonds. The molecule has 2 rings (SSSR count). The van der Waals surface area contributed by atoms with Gasteiger partial charge in [0.2, 0.25) is 0 Å². The summed E-state index contributed by atoms with van der Waals surface area (Å²) in [6, 6.07) is 0. The van der Waals surface area contributed by atoms with Crippen LogP contribution in [0.5, 0.6) is 0 Å². The average Bonchev–Trinajstić information content (AvgIpc) is 3.28. The van der Waals surface area contributed by atoms with Gasteiger partial charge in [-0.1, -0.05) is 0 Å². The van der Waals surface area contributed by atoms with Crippen LogP contribution in [-0.2, 0) is 36.8 Å². The van der Waals surface area contributed by atoms with E-state index in [-0.39, 0.29) is 18.2 Å². The van der Waals surface area contributed by atoms with Gasteiger partial charge in [-0.15, -0.1) is 0 Å². The lowest BCUT2D eigenvalue weighted by molar-refractivity contribution is -0.145. The minimum Gasteiger partial charge on any atom is -0.477 e. The second-order valence-corrected chi connectivity index (χ2v) is 8.19. The van der Waals surface area contributed by atoms with Crippen molar-refractivity contribution in [1.82, 2.24) is 19.6 Å². The van der Waals surface area contributed by atoms with Crippen LogP contribution in [0, 0.1) is 27.7 Å². The van der Waals surface area contributed by atoms with Gasteiger partial charge in [-0.2, -0.15) is 10.2 Å². The van der Waals surface area contributed by atoms with Gasteiger partial charge in [0.25, 0.3) is 0 Å². The average molecular weight is 541 g/mol. The van der Waals surface area contributed by atoms with Crippen LogP contribution in [0.4, 0.5) is 0 Å². The smallest absolute Gasteiger partial charge is 0.356 e. The van der Waals surface area contributed by atoms with Crippen molar-refractivity contribution >= 4 is 11.9 Å². The fourth-order valence-electron chi connectivity index (χ4n) is 3.67. The van der Waals surface area contributed by atoms with E-state index in [1.54, 1.807) is 25.5 Å². The third-order valence-electron chi connectivity index (χ3n) is 5.58. The SMILES string of the molecule is CCOC(=O)c1c(C)c(C)nn1CC(OCC)OCC.CCOC(Cn1nc(C)c(C)c1C(=O)O)OCC. The van der Waals surface area contributed by atoms with Gasteiger partial charge < -0.3 is 28.8 Å². The number of carboxylic acid groups (broad SMARTS) is 1. The monoisotopic (exact) mass is 540 g/mol. The van der Waals surface area contributed by atoms with E-state index in [0.29, 0.717) is 56.5 Å². The second-order valence-electron chi connectivity index (χ2n) is 8.19. The standard InChI is InChI=1S/C14H24N2O4.C12H20N2O4/c1-6-18-12(19-7-2)9-16-13(14(17)20-8-3)10(4)11(5)15-16;1-5-17-10(18-6-2)7-14-11(12(15)16)8(3)9(4)13-14/h12H,6-9H2,1-5H3;10H,5-7H2,1-4H3,(H,15,16). The van der Waals surface area contributed by atoms with Crippen LogP contribution in [0.25, 0.3) is 0 Å². The minimum absolute atomic E-state index is 0.192. The quantitative estimate of drug-likeness (QED) is 0.263. The maximum Gasteiger partial charge on any atom is 0.356 e. The van der Waals surface area contributed by atoms with Gasteiger partial charge in [-0.3, -0.25) is 9.36 Å². The first-order valence-electron chi connectivity index (χ1n) is 13.0. The van der Waals surface area contributed by atoms with Crippen LogP contribution >= 0.6 is 0 Å². The van der Waals surface area contributed by atoms with Crippen LogP contribution in [-0.4, -0.2) is 82.2 Å². The predicted octanol–water partition coefficient (Wildman–Crippen LogP) is 3.67. The number of ether oxygens (including phenoxy) is 5. The van der Waals surface area contributed by atoms with Crippen LogP contribution < -0.4 is 0 Å². The summed E-state index contributed by atoms with van der Waals surface area (Å²) in [6.07, 6.45) is -0.895. The number of esters is 1. The third-order valence-corrected chi connectivity index (χ3v) is 5.58. The first-order chi connectivity index (χ1) is 18.1. The van der Waals surface area contributed by atoms with E-state index < -0.39 is 18.5 Å². The molecular weight excluding hydrogens is 496 g/mol. The van der Waals surface area contributed by atoms with Gasteiger partial charge in [-0.05, 0) is 62.3 Å². The van der Waals surface area contributed by atoms with Crippen molar-refractivity contribution in [3.05, 3.63) is 33.9 Å². The number of hydrogen-bond donors (Lipinski definition) is 1. The summed E-state index contributed by atoms with van der Waals surface area (Å²) in [6.45, 7) is 19.6. The largest absolute Gasteiger partial charge is 0.477 e. The molecule has 2 aromatic rings. The normalized spacial score (nSPS) is 11.1. The molecule has 1 N–H and O–H groups in total. The summed E-state index contributed by atoms with van der Waals surface area (Å²) >= 11 is 0. The highest BCUT2D eigenvalue weighted by molar-refractivity contribution is 5.89. The molecule has 12 nitrogen and oxygen atoms in total. The van der Waals surface area contributed by atoms with Crippen LogP contribution in [0.15, 0.2) is 0 Å². The first kappa shape index (κ1) is 33.2. The zero-order valence-electron chi connectivity index (χ0n) is 24.2. The van der Waals surface area contributed by atoms with Crippen molar-refractivity contribution in [2.75, 3.05) is 33.0 Å². The van der Waals surface area contributed by atoms with Crippen LogP contribution in [0.2, 0.25) is 0 Å². The Balaban J connectivity index is 0.000000382. The Kier molecular flexibility index (Phi) is 14.8. The Morgan fingerprint density at radius 2 is 1.05 bits per heavy atom. The summed E-state index contributed by atoms with van der Waals surface area (Å²) in [5, 5.41) is 17.8. The second kappa shape index (κ2) is 16.9. The summed E-state index contributed by atoms with van der Waals surface area (Å²) < 4.78 is 29.9. The van der Waals surface area contributed by atoms with Gasteiger partial charge in [0.05, 0.1) is 31.1 Å². The molecule has 2 heterocycles. The molecule has 0 unspecified atom stereocenters. The molecule has 0 radical (unpaired) electrons. The highest BCUT2D eigenvalue weighted by Gasteiger charge is 2.23. The summed E-state index contributed by atoms with van der Waals surface area (Å²) in [7, 11) is 0. The number of rotatable bonds is 15. The van der Waals surface area contributed by atoms with Gasteiger partial charge >= 0.3 is 11.9 Å². The number of nitrogens with zero attached hydrogens (tertiary/aromatic N) is 4. The zero-order chi connectivity index (χ0) is 28.8. The Hall–Kier alpha value is -2.80. The molecule has 0 saturated heterocycles. The molecule has 12 heteroatoms. The Morgan fingerprint density at radius 3 is 1.39 bits per heavy atom. The Bertz CT molecular complexity index is 1010. The van der Waals surface area contributed by atoms with Gasteiger partial charge in [0.15, 0.2) is 12.6 Å². The molecule has 0 spiro atoms. The summed E-state index contributed by atoms with van der Waals surface area (Å²) in [5.74, 6) is -1.35. The van der Waals surface area contributed by atoms with Gasteiger partial charge in [-0.25, -0.2) is 9.59 Å². The van der Waals surface area contributed by atoms with E-state index in [4.69, 9.17) is 23.7 Å². The number of carbonyl (C=O) groups excluding carboxylic acids is 1. The van der Waals surface area contributed by atoms with E-state index in [9.17, 15) is 14.7 Å². The summed E-state index contributed by atoms with van der Waals surface area (Å²) in [4.78, 5) is 23.2. The maximum atomic E-state index is 12.0. The van der Waals surface area contributed by atoms with E-state index in [1.807, 2.05) is 41.5 Å². The molecule has 0 bridgehead atoms. The molecule has 0 atom stereocenters. The van der Waals surface area contributed by atoms with Crippen LogP contribution in [0.3, 0.4) is 0 Å². The third kappa shape index (κ3) is 9.50. The molecular formula is C26H44N4O8. The minimum atomic E-state index is -0.986. The first-order valence-corrected chi connectivity index (χ1v) is 13.0. The molecule has 38 heavy (non-hydrogen) atoms. The predicted molar refractivity (Wildman–Crippen MR) is 140 cm³/mol. The van der Waals surface area contributed by atoms with Crippen molar-refractivity contribution in [1.29, 1.82) is 0 Å². The topological polar surface area (TPSA) is 136 Å². The van der Waals surface area contributed by atoms with Crippen molar-refractivity contribution in [3.8, 4) is 0 Å². The zero-order valence-corrected chi connectivity index (χ0v) is 24.2. The number of carbonyl (C=O) groups is 2. The molecule has 0 aliphatic rings. The summed E-state index contributed by atoms with van der Waals surface area (Å²) in [5.41, 5.74) is 3.68. The molecule has 0 saturated carbocycles. The van der Waals surface area contributed by atoms with Gasteiger partial charge in [0.1, 0.15) is 11.4 Å². The number of aromatic carboxylic acids is 1. The molecule has 2 aromatic heterocycles. The molecule has 0 aromatic carbocycles. The number of aryl methyl sites for hydroxylation is 2. The molecule has 0 aliphatic carbocycles. The Morgan fingerprint density at radius 1 is 0.684 bits per heavy atom. The van der Waals surface area contributed by atoms with Gasteiger partial charge in [0, 0.05) is 37.6 Å². The van der Waals surface area contributed by atoms with Crippen molar-refractivity contribution < 1.29 is 38.4 Å².